The monoisotopic (exact) mass is 343 g/mol. The quantitative estimate of drug-likeness (QED) is 0.375. The Kier molecular flexibility index (Phi) is 7.13. The number of nitrogens with zero attached hydrogens (tertiary/aromatic N) is 2. The molecule has 0 aromatic rings. The molecule has 0 saturated carbocycles. The van der Waals surface area contributed by atoms with E-state index in [0.29, 0.717) is 56.7 Å². The first-order valence-electron chi connectivity index (χ1n) is 8.33. The molecule has 5 N–H and O–H groups in total. The summed E-state index contributed by atoms with van der Waals surface area (Å²) in [5.41, 5.74) is 5.41. The van der Waals surface area contributed by atoms with Crippen LogP contribution in [-0.2, 0) is 4.79 Å². The van der Waals surface area contributed by atoms with Gasteiger partial charge in [0.05, 0.1) is 6.04 Å². The van der Waals surface area contributed by atoms with Crippen LogP contribution in [0.2, 0.25) is 0 Å². The molecule has 2 saturated heterocycles. The largest absolute Gasteiger partial charge is 0.383 e. The zero-order valence-corrected chi connectivity index (χ0v) is 14.6. The highest BCUT2D eigenvalue weighted by atomic mass is 32.2. The van der Waals surface area contributed by atoms with E-state index in [1.165, 1.54) is 0 Å². The Bertz CT molecular complexity index is 415. The van der Waals surface area contributed by atoms with Crippen LogP contribution in [0, 0.1) is 5.41 Å². The molecule has 8 heteroatoms. The molecule has 7 nitrogen and oxygen atoms in total. The van der Waals surface area contributed by atoms with Crippen molar-refractivity contribution in [1.82, 2.24) is 15.1 Å². The first kappa shape index (κ1) is 18.5. The number of amides is 1. The van der Waals surface area contributed by atoms with Crippen LogP contribution in [-0.4, -0.2) is 89.6 Å². The van der Waals surface area contributed by atoms with Crippen molar-refractivity contribution >= 4 is 23.5 Å². The predicted octanol–water partition coefficient (Wildman–Crippen LogP) is -0.699. The smallest absolute Gasteiger partial charge is 0.251 e. The van der Waals surface area contributed by atoms with E-state index in [0.717, 1.165) is 13.0 Å². The fraction of sp³-hybridized carbons (Fsp3) is 0.867. The van der Waals surface area contributed by atoms with Gasteiger partial charge < -0.3 is 26.0 Å². The Morgan fingerprint density at radius 3 is 2.61 bits per heavy atom. The van der Waals surface area contributed by atoms with Gasteiger partial charge in [0.1, 0.15) is 11.9 Å². The first-order valence-corrected chi connectivity index (χ1v) is 9.62. The van der Waals surface area contributed by atoms with E-state index < -0.39 is 6.10 Å². The van der Waals surface area contributed by atoms with Crippen LogP contribution < -0.4 is 11.1 Å². The summed E-state index contributed by atoms with van der Waals surface area (Å²) >= 11 is 1.85. The van der Waals surface area contributed by atoms with Crippen molar-refractivity contribution in [2.75, 3.05) is 45.5 Å². The molecule has 2 fully saturated rings. The second-order valence-corrected chi connectivity index (χ2v) is 7.34. The van der Waals surface area contributed by atoms with Crippen LogP contribution in [0.15, 0.2) is 0 Å². The Morgan fingerprint density at radius 1 is 1.39 bits per heavy atom. The molecule has 0 spiro atoms. The molecule has 0 aliphatic carbocycles. The van der Waals surface area contributed by atoms with Gasteiger partial charge in [0, 0.05) is 38.0 Å². The number of piperazine rings is 1. The number of carbonyl (C=O) groups excluding carboxylic acids is 1. The number of nitrogens with one attached hydrogen (secondary N) is 2. The van der Waals surface area contributed by atoms with E-state index >= 15 is 0 Å². The minimum Gasteiger partial charge on any atom is -0.383 e. The van der Waals surface area contributed by atoms with Crippen molar-refractivity contribution < 1.29 is 9.90 Å². The predicted molar refractivity (Wildman–Crippen MR) is 93.9 cm³/mol. The van der Waals surface area contributed by atoms with Crippen LogP contribution in [0.5, 0.6) is 0 Å². The number of rotatable bonds is 6. The standard InChI is InChI=1S/C15H29N5O2S/c1-23-11-9-12(18-10-11)14(17)19-5-7-20(8-6-19)15(22)13(21)3-2-4-16/h11-13,17-18,21H,2-10,16H2,1H3. The van der Waals surface area contributed by atoms with Crippen LogP contribution in [0.25, 0.3) is 0 Å². The molecule has 2 heterocycles. The Hall–Kier alpha value is -0.830. The van der Waals surface area contributed by atoms with E-state index in [1.54, 1.807) is 4.90 Å². The molecule has 23 heavy (non-hydrogen) atoms. The van der Waals surface area contributed by atoms with Crippen molar-refractivity contribution in [1.29, 1.82) is 5.41 Å². The number of carbonyl (C=O) groups is 1. The number of hydrogen-bond acceptors (Lipinski definition) is 6. The summed E-state index contributed by atoms with van der Waals surface area (Å²) in [7, 11) is 0. The Labute approximate surface area is 142 Å². The molecule has 0 radical (unpaired) electrons. The normalized spacial score (nSPS) is 26.4. The number of amidine groups is 1. The van der Waals surface area contributed by atoms with Crippen molar-refractivity contribution in [3.63, 3.8) is 0 Å². The molecule has 2 aliphatic heterocycles. The number of aliphatic hydroxyl groups excluding tert-OH is 1. The van der Waals surface area contributed by atoms with Crippen LogP contribution in [0.4, 0.5) is 0 Å². The third-order valence-corrected chi connectivity index (χ3v) is 5.68. The highest BCUT2D eigenvalue weighted by Gasteiger charge is 2.32. The fourth-order valence-corrected chi connectivity index (χ4v) is 3.77. The van der Waals surface area contributed by atoms with Crippen LogP contribution in [0.1, 0.15) is 19.3 Å². The van der Waals surface area contributed by atoms with Gasteiger partial charge in [-0.25, -0.2) is 0 Å². The summed E-state index contributed by atoms with van der Waals surface area (Å²) in [5.74, 6) is 0.434. The molecular formula is C15H29N5O2S. The fourth-order valence-electron chi connectivity index (χ4n) is 3.12. The summed E-state index contributed by atoms with van der Waals surface area (Å²) in [6.45, 7) is 3.91. The van der Waals surface area contributed by atoms with Gasteiger partial charge in [0.25, 0.3) is 5.91 Å². The lowest BCUT2D eigenvalue weighted by atomic mass is 10.1. The summed E-state index contributed by atoms with van der Waals surface area (Å²) in [5, 5.41) is 22.3. The third kappa shape index (κ3) is 4.82. The van der Waals surface area contributed by atoms with Gasteiger partial charge in [-0.05, 0) is 32.1 Å². The van der Waals surface area contributed by atoms with Crippen molar-refractivity contribution in [2.45, 2.75) is 36.7 Å². The van der Waals surface area contributed by atoms with Crippen LogP contribution in [0.3, 0.4) is 0 Å². The number of hydrogen-bond donors (Lipinski definition) is 4. The molecule has 3 unspecified atom stereocenters. The average molecular weight is 343 g/mol. The van der Waals surface area contributed by atoms with Gasteiger partial charge in [0.2, 0.25) is 0 Å². The van der Waals surface area contributed by atoms with E-state index in [4.69, 9.17) is 11.1 Å². The minimum absolute atomic E-state index is 0.129. The van der Waals surface area contributed by atoms with E-state index in [-0.39, 0.29) is 11.9 Å². The lowest BCUT2D eigenvalue weighted by Crippen LogP contribution is -2.55. The lowest BCUT2D eigenvalue weighted by Gasteiger charge is -2.38. The lowest BCUT2D eigenvalue weighted by molar-refractivity contribution is -0.141. The zero-order chi connectivity index (χ0) is 16.8. The number of thioether (sulfide) groups is 1. The molecule has 2 rings (SSSR count). The summed E-state index contributed by atoms with van der Waals surface area (Å²) in [6.07, 6.45) is 3.24. The number of aliphatic hydroxyl groups is 1. The van der Waals surface area contributed by atoms with Crippen LogP contribution >= 0.6 is 11.8 Å². The molecule has 0 aromatic heterocycles. The van der Waals surface area contributed by atoms with Gasteiger partial charge in [-0.1, -0.05) is 0 Å². The maximum atomic E-state index is 12.2. The zero-order valence-electron chi connectivity index (χ0n) is 13.8. The Balaban J connectivity index is 1.77. The molecule has 0 bridgehead atoms. The van der Waals surface area contributed by atoms with Gasteiger partial charge in [-0.3, -0.25) is 10.2 Å². The van der Waals surface area contributed by atoms with Gasteiger partial charge in [0.15, 0.2) is 0 Å². The maximum Gasteiger partial charge on any atom is 0.251 e. The molecule has 2 aliphatic rings. The molecule has 132 valence electrons. The second kappa shape index (κ2) is 8.86. The highest BCUT2D eigenvalue weighted by Crippen LogP contribution is 2.20. The van der Waals surface area contributed by atoms with Crippen molar-refractivity contribution in [2.24, 2.45) is 5.73 Å². The van der Waals surface area contributed by atoms with Gasteiger partial charge in [-0.15, -0.1) is 0 Å². The van der Waals surface area contributed by atoms with E-state index in [2.05, 4.69) is 16.5 Å². The topological polar surface area (TPSA) is 106 Å². The van der Waals surface area contributed by atoms with E-state index in [1.807, 2.05) is 11.8 Å². The SMILES string of the molecule is CSC1CNC(C(=N)N2CCN(C(=O)C(O)CCCN)CC2)C1. The summed E-state index contributed by atoms with van der Waals surface area (Å²) in [4.78, 5) is 15.9. The van der Waals surface area contributed by atoms with Gasteiger partial charge in [-0.2, -0.15) is 11.8 Å². The molecule has 3 atom stereocenters. The number of nitrogens with two attached hydrogens (primary N) is 1. The average Bonchev–Trinajstić information content (AvgIpc) is 3.07. The minimum atomic E-state index is -0.941. The third-order valence-electron chi connectivity index (χ3n) is 4.65. The summed E-state index contributed by atoms with van der Waals surface area (Å²) in [6, 6.07) is 0.129. The summed E-state index contributed by atoms with van der Waals surface area (Å²) < 4.78 is 0. The van der Waals surface area contributed by atoms with Gasteiger partial charge >= 0.3 is 0 Å². The molecular weight excluding hydrogens is 314 g/mol. The molecule has 1 amide bonds. The second-order valence-electron chi connectivity index (χ2n) is 6.20. The molecule has 0 aromatic carbocycles. The van der Waals surface area contributed by atoms with E-state index in [9.17, 15) is 9.90 Å². The maximum absolute atomic E-state index is 12.2. The van der Waals surface area contributed by atoms with Crippen molar-refractivity contribution in [3.8, 4) is 0 Å². The Morgan fingerprint density at radius 2 is 2.04 bits per heavy atom. The van der Waals surface area contributed by atoms with Crippen molar-refractivity contribution in [3.05, 3.63) is 0 Å². The first-order chi connectivity index (χ1) is 11.1. The highest BCUT2D eigenvalue weighted by molar-refractivity contribution is 7.99.